The van der Waals surface area contributed by atoms with Crippen LogP contribution in [-0.4, -0.2) is 44.7 Å². The molecule has 2 aliphatic rings. The Hall–Kier alpha value is -1.21. The maximum absolute atomic E-state index is 12.2. The minimum atomic E-state index is -1.83. The van der Waals surface area contributed by atoms with Gasteiger partial charge in [-0.3, -0.25) is 9.63 Å². The molecule has 1 aromatic carbocycles. The van der Waals surface area contributed by atoms with E-state index in [2.05, 4.69) is 33.9 Å². The van der Waals surface area contributed by atoms with Crippen LogP contribution in [0.5, 0.6) is 0 Å². The number of cyclic esters (lactones) is 1. The van der Waals surface area contributed by atoms with Gasteiger partial charge in [-0.2, -0.15) is 5.06 Å². The van der Waals surface area contributed by atoms with Crippen molar-refractivity contribution in [3.8, 4) is 0 Å². The summed E-state index contributed by atoms with van der Waals surface area (Å²) in [7, 11) is -1.83. The van der Waals surface area contributed by atoms with Crippen molar-refractivity contribution in [1.82, 2.24) is 5.06 Å². The van der Waals surface area contributed by atoms with Gasteiger partial charge in [0, 0.05) is 6.42 Å². The van der Waals surface area contributed by atoms with E-state index in [1.54, 1.807) is 0 Å². The number of rotatable bonds is 4. The maximum Gasteiger partial charge on any atom is 0.325 e. The predicted molar refractivity (Wildman–Crippen MR) is 98.4 cm³/mol. The summed E-state index contributed by atoms with van der Waals surface area (Å²) in [5, 5.41) is 1.99. The Morgan fingerprint density at radius 3 is 2.52 bits per heavy atom. The van der Waals surface area contributed by atoms with Crippen LogP contribution in [0, 0.1) is 0 Å². The van der Waals surface area contributed by atoms with Gasteiger partial charge in [0.2, 0.25) is 0 Å². The Kier molecular flexibility index (Phi) is 5.08. The fourth-order valence-electron chi connectivity index (χ4n) is 3.00. The molecule has 0 aliphatic carbocycles. The smallest absolute Gasteiger partial charge is 0.325 e. The van der Waals surface area contributed by atoms with Crippen molar-refractivity contribution in [1.29, 1.82) is 0 Å². The van der Waals surface area contributed by atoms with Gasteiger partial charge in [0.1, 0.15) is 18.8 Å². The number of ether oxygens (including phenoxy) is 1. The van der Waals surface area contributed by atoms with Crippen molar-refractivity contribution in [2.75, 3.05) is 13.2 Å². The van der Waals surface area contributed by atoms with Crippen molar-refractivity contribution >= 4 is 14.3 Å². The van der Waals surface area contributed by atoms with E-state index in [-0.39, 0.29) is 29.2 Å². The lowest BCUT2D eigenvalue weighted by Gasteiger charge is -2.37. The number of fused-ring (bicyclic) bond motifs is 1. The molecule has 0 bridgehead atoms. The molecule has 2 saturated heterocycles. The normalized spacial score (nSPS) is 27.9. The molecular formula is C19H29NO4Si. The molecule has 2 fully saturated rings. The van der Waals surface area contributed by atoms with E-state index < -0.39 is 8.32 Å². The summed E-state index contributed by atoms with van der Waals surface area (Å²) in [6, 6.07) is 9.67. The summed E-state index contributed by atoms with van der Waals surface area (Å²) in [5.41, 5.74) is 1.10. The maximum atomic E-state index is 12.2. The number of benzene rings is 1. The molecule has 0 aromatic heterocycles. The number of carbonyl (C=O) groups excluding carboxylic acids is 1. The fraction of sp³-hybridized carbons (Fsp3) is 0.632. The minimum absolute atomic E-state index is 0.0539. The average Bonchev–Trinajstić information content (AvgIpc) is 2.98. The second kappa shape index (κ2) is 6.83. The Labute approximate surface area is 151 Å². The zero-order valence-electron chi connectivity index (χ0n) is 15.8. The van der Waals surface area contributed by atoms with E-state index in [0.717, 1.165) is 5.56 Å². The topological polar surface area (TPSA) is 48.0 Å². The van der Waals surface area contributed by atoms with Crippen molar-refractivity contribution in [2.24, 2.45) is 0 Å². The van der Waals surface area contributed by atoms with E-state index in [4.69, 9.17) is 14.0 Å². The van der Waals surface area contributed by atoms with E-state index >= 15 is 0 Å². The molecule has 1 aromatic rings. The van der Waals surface area contributed by atoms with Crippen LogP contribution >= 0.6 is 0 Å². The summed E-state index contributed by atoms with van der Waals surface area (Å²) in [5.74, 6) is -0.193. The first-order chi connectivity index (χ1) is 11.7. The summed E-state index contributed by atoms with van der Waals surface area (Å²) < 4.78 is 11.7. The fourth-order valence-corrected chi connectivity index (χ4v) is 4.03. The van der Waals surface area contributed by atoms with Crippen LogP contribution < -0.4 is 0 Å². The number of carbonyl (C=O) groups is 1. The third-order valence-corrected chi connectivity index (χ3v) is 10.1. The molecule has 2 heterocycles. The van der Waals surface area contributed by atoms with Crippen molar-refractivity contribution < 1.29 is 18.8 Å². The molecule has 6 heteroatoms. The van der Waals surface area contributed by atoms with Gasteiger partial charge in [-0.1, -0.05) is 51.1 Å². The molecule has 3 atom stereocenters. The Morgan fingerprint density at radius 1 is 1.20 bits per heavy atom. The van der Waals surface area contributed by atoms with Crippen LogP contribution in [0.3, 0.4) is 0 Å². The van der Waals surface area contributed by atoms with Gasteiger partial charge in [0.05, 0.1) is 12.6 Å². The van der Waals surface area contributed by atoms with Crippen LogP contribution in [0.15, 0.2) is 30.3 Å². The molecular weight excluding hydrogens is 334 g/mol. The van der Waals surface area contributed by atoms with Gasteiger partial charge >= 0.3 is 5.97 Å². The van der Waals surface area contributed by atoms with Crippen LogP contribution in [0.25, 0.3) is 0 Å². The first-order valence-corrected chi connectivity index (χ1v) is 11.9. The van der Waals surface area contributed by atoms with Crippen molar-refractivity contribution in [2.45, 2.75) is 63.5 Å². The summed E-state index contributed by atoms with van der Waals surface area (Å²) in [4.78, 5) is 18.3. The molecule has 2 aliphatic heterocycles. The lowest BCUT2D eigenvalue weighted by molar-refractivity contribution is -0.230. The highest BCUT2D eigenvalue weighted by Gasteiger charge is 2.48. The SMILES string of the molecule is CC(C)(C)[Si](C)(C)OC[C@H]1C[C@@H]2C(=O)OC[C@@H](c3ccccc3)N2O1. The molecule has 0 N–H and O–H groups in total. The molecule has 0 amide bonds. The highest BCUT2D eigenvalue weighted by molar-refractivity contribution is 6.74. The number of morpholine rings is 1. The molecule has 0 radical (unpaired) electrons. The van der Waals surface area contributed by atoms with Gasteiger partial charge < -0.3 is 9.16 Å². The lowest BCUT2D eigenvalue weighted by Crippen LogP contribution is -2.46. The Balaban J connectivity index is 1.68. The van der Waals surface area contributed by atoms with E-state index in [0.29, 0.717) is 19.6 Å². The van der Waals surface area contributed by atoms with Crippen LogP contribution in [0.4, 0.5) is 0 Å². The van der Waals surface area contributed by atoms with E-state index in [1.807, 2.05) is 35.4 Å². The van der Waals surface area contributed by atoms with Crippen molar-refractivity contribution in [3.05, 3.63) is 35.9 Å². The first kappa shape index (κ1) is 18.6. The second-order valence-electron chi connectivity index (χ2n) is 8.47. The first-order valence-electron chi connectivity index (χ1n) is 9.00. The molecule has 5 nitrogen and oxygen atoms in total. The largest absolute Gasteiger partial charge is 0.462 e. The highest BCUT2D eigenvalue weighted by Crippen LogP contribution is 2.39. The highest BCUT2D eigenvalue weighted by atomic mass is 28.4. The average molecular weight is 364 g/mol. The minimum Gasteiger partial charge on any atom is -0.462 e. The second-order valence-corrected chi connectivity index (χ2v) is 13.3. The number of hydrogen-bond acceptors (Lipinski definition) is 5. The third-order valence-electron chi connectivity index (χ3n) is 5.65. The van der Waals surface area contributed by atoms with Gasteiger partial charge in [0.15, 0.2) is 8.32 Å². The monoisotopic (exact) mass is 363 g/mol. The number of hydroxylamine groups is 2. The Bertz CT molecular complexity index is 614. The molecule has 0 saturated carbocycles. The van der Waals surface area contributed by atoms with Gasteiger partial charge in [-0.25, -0.2) is 0 Å². The molecule has 3 rings (SSSR count). The van der Waals surface area contributed by atoms with Gasteiger partial charge in [-0.05, 0) is 23.7 Å². The number of hydrogen-bond donors (Lipinski definition) is 0. The van der Waals surface area contributed by atoms with Gasteiger partial charge in [0.25, 0.3) is 0 Å². The molecule has 138 valence electrons. The summed E-state index contributed by atoms with van der Waals surface area (Å²) in [6.07, 6.45) is 0.521. The summed E-state index contributed by atoms with van der Waals surface area (Å²) in [6.45, 7) is 12.0. The van der Waals surface area contributed by atoms with Crippen LogP contribution in [0.2, 0.25) is 18.1 Å². The van der Waals surface area contributed by atoms with Crippen LogP contribution in [0.1, 0.15) is 38.8 Å². The predicted octanol–water partition coefficient (Wildman–Crippen LogP) is 3.68. The molecule has 0 spiro atoms. The number of nitrogens with zero attached hydrogens (tertiary/aromatic N) is 1. The number of esters is 1. The van der Waals surface area contributed by atoms with E-state index in [1.165, 1.54) is 0 Å². The lowest BCUT2D eigenvalue weighted by atomic mass is 10.0. The van der Waals surface area contributed by atoms with E-state index in [9.17, 15) is 4.79 Å². The van der Waals surface area contributed by atoms with Crippen LogP contribution in [-0.2, 0) is 18.8 Å². The zero-order chi connectivity index (χ0) is 18.2. The van der Waals surface area contributed by atoms with Crippen molar-refractivity contribution in [3.63, 3.8) is 0 Å². The van der Waals surface area contributed by atoms with Gasteiger partial charge in [-0.15, -0.1) is 0 Å². The summed E-state index contributed by atoms with van der Waals surface area (Å²) >= 11 is 0. The standard InChI is InChI=1S/C19H29NO4Si/c1-19(2,3)25(4,5)23-12-15-11-16-18(21)22-13-17(20(16)24-15)14-9-7-6-8-10-14/h6-10,15-17H,11-13H2,1-5H3/t15-,16-,17+/m1/s1. The quantitative estimate of drug-likeness (QED) is 0.603. The Morgan fingerprint density at radius 2 is 1.88 bits per heavy atom. The third kappa shape index (κ3) is 3.82. The zero-order valence-corrected chi connectivity index (χ0v) is 16.8. The molecule has 25 heavy (non-hydrogen) atoms. The molecule has 0 unspecified atom stereocenters.